The first-order chi connectivity index (χ1) is 15.9. The van der Waals surface area contributed by atoms with Crippen LogP contribution in [-0.4, -0.2) is 36.3 Å². The van der Waals surface area contributed by atoms with Crippen molar-refractivity contribution in [3.63, 3.8) is 0 Å². The molecule has 2 aliphatic heterocycles. The number of likely N-dealkylation sites (tertiary alicyclic amines) is 1. The van der Waals surface area contributed by atoms with Crippen molar-refractivity contribution in [2.24, 2.45) is 5.41 Å². The summed E-state index contributed by atoms with van der Waals surface area (Å²) < 4.78 is 13.5. The molecule has 2 amide bonds. The summed E-state index contributed by atoms with van der Waals surface area (Å²) >= 11 is 0. The minimum atomic E-state index is -0.406. The summed E-state index contributed by atoms with van der Waals surface area (Å²) in [7, 11) is 0. The van der Waals surface area contributed by atoms with Gasteiger partial charge in [-0.1, -0.05) is 54.8 Å². The van der Waals surface area contributed by atoms with E-state index in [0.29, 0.717) is 26.1 Å². The van der Waals surface area contributed by atoms with Gasteiger partial charge < -0.3 is 10.2 Å². The maximum atomic E-state index is 14.0. The first kappa shape index (κ1) is 22.1. The molecule has 1 atom stereocenters. The second kappa shape index (κ2) is 8.58. The van der Waals surface area contributed by atoms with Crippen molar-refractivity contribution < 1.29 is 14.0 Å². The van der Waals surface area contributed by atoms with Crippen LogP contribution in [0.5, 0.6) is 0 Å². The third-order valence-electron chi connectivity index (χ3n) is 8.51. The van der Waals surface area contributed by atoms with Gasteiger partial charge in [-0.25, -0.2) is 4.39 Å². The molecule has 1 unspecified atom stereocenters. The first-order valence-electron chi connectivity index (χ1n) is 12.3. The Kier molecular flexibility index (Phi) is 5.75. The van der Waals surface area contributed by atoms with Crippen LogP contribution in [-0.2, 0) is 15.0 Å². The average molecular weight is 449 g/mol. The summed E-state index contributed by atoms with van der Waals surface area (Å²) in [6.45, 7) is 4.02. The summed E-state index contributed by atoms with van der Waals surface area (Å²) in [5, 5.41) is 3.02. The fraction of sp³-hybridized carbons (Fsp3) is 0.500. The second-order valence-corrected chi connectivity index (χ2v) is 10.4. The summed E-state index contributed by atoms with van der Waals surface area (Å²) in [4.78, 5) is 28.4. The van der Waals surface area contributed by atoms with E-state index in [-0.39, 0.29) is 29.0 Å². The van der Waals surface area contributed by atoms with Crippen LogP contribution in [0.15, 0.2) is 48.5 Å². The molecule has 174 valence electrons. The van der Waals surface area contributed by atoms with Gasteiger partial charge in [0.05, 0.1) is 5.41 Å². The molecular weight excluding hydrogens is 415 g/mol. The average Bonchev–Trinajstić information content (AvgIpc) is 3.31. The Bertz CT molecular complexity index is 1030. The molecule has 5 rings (SSSR count). The molecule has 2 heterocycles. The maximum absolute atomic E-state index is 14.0. The molecule has 3 fully saturated rings. The predicted molar refractivity (Wildman–Crippen MR) is 126 cm³/mol. The van der Waals surface area contributed by atoms with Gasteiger partial charge in [-0.05, 0) is 61.3 Å². The van der Waals surface area contributed by atoms with Crippen molar-refractivity contribution >= 4 is 11.8 Å². The van der Waals surface area contributed by atoms with Gasteiger partial charge in [-0.2, -0.15) is 0 Å². The summed E-state index contributed by atoms with van der Waals surface area (Å²) in [6, 6.07) is 15.2. The molecular formula is C28H33FN2O2. The molecule has 3 aliphatic rings. The number of carbonyl (C=O) groups excluding carboxylic acids is 2. The minimum absolute atomic E-state index is 0.0835. The van der Waals surface area contributed by atoms with E-state index >= 15 is 0 Å². The lowest BCUT2D eigenvalue weighted by Crippen LogP contribution is -2.55. The topological polar surface area (TPSA) is 49.4 Å². The molecule has 4 nitrogen and oxygen atoms in total. The zero-order chi connectivity index (χ0) is 23.1. The summed E-state index contributed by atoms with van der Waals surface area (Å²) in [6.07, 6.45) is 6.08. The zero-order valence-corrected chi connectivity index (χ0v) is 19.4. The molecule has 2 saturated heterocycles. The van der Waals surface area contributed by atoms with E-state index in [1.54, 1.807) is 0 Å². The maximum Gasteiger partial charge on any atom is 0.233 e. The number of amides is 2. The fourth-order valence-corrected chi connectivity index (χ4v) is 6.63. The highest BCUT2D eigenvalue weighted by atomic mass is 19.1. The van der Waals surface area contributed by atoms with Crippen molar-refractivity contribution in [3.05, 3.63) is 71.0 Å². The number of nitrogens with one attached hydrogen (secondary N) is 1. The zero-order valence-electron chi connectivity index (χ0n) is 19.4. The molecule has 0 bridgehead atoms. The van der Waals surface area contributed by atoms with Gasteiger partial charge in [-0.3, -0.25) is 9.59 Å². The van der Waals surface area contributed by atoms with Gasteiger partial charge in [-0.15, -0.1) is 0 Å². The Labute approximate surface area is 195 Å². The number of carbonyl (C=O) groups is 2. The first-order valence-corrected chi connectivity index (χ1v) is 12.3. The lowest BCUT2D eigenvalue weighted by atomic mass is 9.62. The van der Waals surface area contributed by atoms with Gasteiger partial charge >= 0.3 is 0 Å². The number of hydrogen-bond donors (Lipinski definition) is 1. The molecule has 5 heteroatoms. The van der Waals surface area contributed by atoms with E-state index in [4.69, 9.17) is 0 Å². The van der Waals surface area contributed by atoms with Gasteiger partial charge in [0.2, 0.25) is 11.8 Å². The standard InChI is InChI=1S/C28H33FN2O2/c1-20-5-4-6-22(17-20)28(11-2-3-12-28)26(33)31-15-13-27(14-16-31)18-25(32)30-19-24(27)21-7-9-23(29)10-8-21/h4-10,17,24H,2-3,11-16,18-19H2,1H3,(H,30,32). The van der Waals surface area contributed by atoms with Crippen LogP contribution in [0.4, 0.5) is 4.39 Å². The van der Waals surface area contributed by atoms with Crippen LogP contribution in [0.3, 0.4) is 0 Å². The summed E-state index contributed by atoms with van der Waals surface area (Å²) in [5.74, 6) is 0.246. The van der Waals surface area contributed by atoms with Crippen molar-refractivity contribution in [2.45, 2.75) is 63.2 Å². The Morgan fingerprint density at radius 3 is 2.39 bits per heavy atom. The Balaban J connectivity index is 1.38. The lowest BCUT2D eigenvalue weighted by molar-refractivity contribution is -0.141. The van der Waals surface area contributed by atoms with Gasteiger partial charge in [0.1, 0.15) is 5.82 Å². The molecule has 1 saturated carbocycles. The Morgan fingerprint density at radius 1 is 1.03 bits per heavy atom. The van der Waals surface area contributed by atoms with Crippen molar-refractivity contribution in [3.8, 4) is 0 Å². The van der Waals surface area contributed by atoms with Crippen LogP contribution in [0, 0.1) is 18.2 Å². The largest absolute Gasteiger partial charge is 0.355 e. The lowest BCUT2D eigenvalue weighted by Gasteiger charge is -2.50. The van der Waals surface area contributed by atoms with Crippen LogP contribution >= 0.6 is 0 Å². The summed E-state index contributed by atoms with van der Waals surface area (Å²) in [5.41, 5.74) is 2.84. The van der Waals surface area contributed by atoms with E-state index < -0.39 is 5.41 Å². The highest BCUT2D eigenvalue weighted by Crippen LogP contribution is 2.50. The van der Waals surface area contributed by atoms with E-state index in [9.17, 15) is 14.0 Å². The van der Waals surface area contributed by atoms with Gasteiger partial charge in [0, 0.05) is 32.0 Å². The third-order valence-corrected chi connectivity index (χ3v) is 8.51. The number of aryl methyl sites for hydroxylation is 1. The predicted octanol–water partition coefficient (Wildman–Crippen LogP) is 4.86. The Hall–Kier alpha value is -2.69. The van der Waals surface area contributed by atoms with Gasteiger partial charge in [0.15, 0.2) is 0 Å². The molecule has 1 aliphatic carbocycles. The molecule has 1 spiro atoms. The fourth-order valence-electron chi connectivity index (χ4n) is 6.63. The molecule has 33 heavy (non-hydrogen) atoms. The van der Waals surface area contributed by atoms with E-state index in [2.05, 4.69) is 41.4 Å². The number of hydrogen-bond acceptors (Lipinski definition) is 2. The number of halogens is 1. The number of nitrogens with zero attached hydrogens (tertiary/aromatic N) is 1. The Morgan fingerprint density at radius 2 is 1.73 bits per heavy atom. The third kappa shape index (κ3) is 3.96. The normalized spacial score (nSPS) is 24.0. The van der Waals surface area contributed by atoms with E-state index in [0.717, 1.165) is 49.7 Å². The van der Waals surface area contributed by atoms with Crippen LogP contribution < -0.4 is 5.32 Å². The number of piperidine rings is 2. The van der Waals surface area contributed by atoms with Crippen molar-refractivity contribution in [1.29, 1.82) is 0 Å². The van der Waals surface area contributed by atoms with Crippen molar-refractivity contribution in [1.82, 2.24) is 10.2 Å². The molecule has 1 N–H and O–H groups in total. The number of benzene rings is 2. The molecule has 0 aromatic heterocycles. The second-order valence-electron chi connectivity index (χ2n) is 10.4. The number of rotatable bonds is 3. The van der Waals surface area contributed by atoms with E-state index in [1.807, 2.05) is 12.1 Å². The van der Waals surface area contributed by atoms with E-state index in [1.165, 1.54) is 17.7 Å². The highest BCUT2D eigenvalue weighted by molar-refractivity contribution is 5.89. The van der Waals surface area contributed by atoms with Crippen LogP contribution in [0.2, 0.25) is 0 Å². The van der Waals surface area contributed by atoms with Crippen LogP contribution in [0.25, 0.3) is 0 Å². The van der Waals surface area contributed by atoms with Gasteiger partial charge in [0.25, 0.3) is 0 Å². The SMILES string of the molecule is Cc1cccc(C2(C(=O)N3CCC4(CC3)CC(=O)NCC4c3ccc(F)cc3)CCCC2)c1. The highest BCUT2D eigenvalue weighted by Gasteiger charge is 2.50. The minimum Gasteiger partial charge on any atom is -0.355 e. The van der Waals surface area contributed by atoms with Crippen molar-refractivity contribution in [2.75, 3.05) is 19.6 Å². The smallest absolute Gasteiger partial charge is 0.233 e. The van der Waals surface area contributed by atoms with Crippen LogP contribution in [0.1, 0.15) is 67.6 Å². The monoisotopic (exact) mass is 448 g/mol. The molecule has 0 radical (unpaired) electrons. The molecule has 2 aromatic rings. The molecule has 2 aromatic carbocycles. The quantitative estimate of drug-likeness (QED) is 0.729.